The zero-order chi connectivity index (χ0) is 20.5. The van der Waals surface area contributed by atoms with E-state index in [2.05, 4.69) is 17.1 Å². The van der Waals surface area contributed by atoms with E-state index in [-0.39, 0.29) is 17.9 Å². The SMILES string of the molecule is O=C(c1ccc2nc(C3CC3)oc2c1)N1CCC(C(O)CCc2ccccc2)CC1. The minimum Gasteiger partial charge on any atom is -0.440 e. The lowest BCUT2D eigenvalue weighted by Crippen LogP contribution is -2.41. The highest BCUT2D eigenvalue weighted by Gasteiger charge is 2.30. The monoisotopic (exact) mass is 404 g/mol. The van der Waals surface area contributed by atoms with Crippen molar-refractivity contribution in [3.8, 4) is 0 Å². The van der Waals surface area contributed by atoms with Crippen molar-refractivity contribution in [2.24, 2.45) is 5.92 Å². The van der Waals surface area contributed by atoms with E-state index < -0.39 is 0 Å². The number of benzene rings is 2. The standard InChI is InChI=1S/C25H28N2O3/c28-22(11-6-17-4-2-1-3-5-17)18-12-14-27(15-13-18)25(29)20-9-10-21-23(16-20)30-24(26-21)19-7-8-19/h1-5,9-10,16,18-19,22,28H,6-8,11-15H2. The molecule has 5 nitrogen and oxygen atoms in total. The molecular formula is C25H28N2O3. The molecule has 30 heavy (non-hydrogen) atoms. The second-order valence-electron chi connectivity index (χ2n) is 8.73. The Hall–Kier alpha value is -2.66. The Kier molecular flexibility index (Phi) is 5.30. The molecule has 2 heterocycles. The van der Waals surface area contributed by atoms with Crippen molar-refractivity contribution in [1.29, 1.82) is 0 Å². The molecule has 3 aromatic rings. The Morgan fingerprint density at radius 1 is 1.10 bits per heavy atom. The van der Waals surface area contributed by atoms with E-state index in [4.69, 9.17) is 4.42 Å². The molecule has 2 aliphatic rings. The van der Waals surface area contributed by atoms with Gasteiger partial charge in [-0.3, -0.25) is 4.79 Å². The topological polar surface area (TPSA) is 66.6 Å². The van der Waals surface area contributed by atoms with Crippen LogP contribution in [0.4, 0.5) is 0 Å². The molecule has 2 aromatic carbocycles. The van der Waals surface area contributed by atoms with E-state index in [9.17, 15) is 9.90 Å². The second-order valence-corrected chi connectivity index (χ2v) is 8.73. The lowest BCUT2D eigenvalue weighted by atomic mass is 9.88. The van der Waals surface area contributed by atoms with Crippen LogP contribution < -0.4 is 0 Å². The summed E-state index contributed by atoms with van der Waals surface area (Å²) in [5.41, 5.74) is 3.45. The van der Waals surface area contributed by atoms with Crippen LogP contribution in [0.5, 0.6) is 0 Å². The van der Waals surface area contributed by atoms with Crippen molar-refractivity contribution >= 4 is 17.0 Å². The van der Waals surface area contributed by atoms with Crippen molar-refractivity contribution in [2.45, 2.75) is 50.5 Å². The smallest absolute Gasteiger partial charge is 0.253 e. The van der Waals surface area contributed by atoms with Crippen LogP contribution in [-0.2, 0) is 6.42 Å². The largest absolute Gasteiger partial charge is 0.440 e. The summed E-state index contributed by atoms with van der Waals surface area (Å²) in [5, 5.41) is 10.6. The van der Waals surface area contributed by atoms with E-state index >= 15 is 0 Å². The summed E-state index contributed by atoms with van der Waals surface area (Å²) in [6.07, 6.45) is 5.33. The van der Waals surface area contributed by atoms with Gasteiger partial charge in [0.05, 0.1) is 6.10 Å². The lowest BCUT2D eigenvalue weighted by molar-refractivity contribution is 0.0437. The highest BCUT2D eigenvalue weighted by atomic mass is 16.3. The molecule has 1 aliphatic heterocycles. The number of aliphatic hydroxyl groups excluding tert-OH is 1. The fourth-order valence-electron chi connectivity index (χ4n) is 4.45. The number of rotatable bonds is 6. The predicted octanol–water partition coefficient (Wildman–Crippen LogP) is 4.55. The van der Waals surface area contributed by atoms with Crippen LogP contribution in [0.15, 0.2) is 52.9 Å². The third kappa shape index (κ3) is 4.12. The number of oxazole rings is 1. The first-order valence-electron chi connectivity index (χ1n) is 11.1. The second kappa shape index (κ2) is 8.23. The summed E-state index contributed by atoms with van der Waals surface area (Å²) >= 11 is 0. The van der Waals surface area contributed by atoms with Gasteiger partial charge in [0.1, 0.15) is 5.52 Å². The number of nitrogens with zero attached hydrogens (tertiary/aromatic N) is 2. The number of amides is 1. The molecule has 156 valence electrons. The van der Waals surface area contributed by atoms with Crippen LogP contribution >= 0.6 is 0 Å². The molecule has 1 N–H and O–H groups in total. The molecule has 5 rings (SSSR count). The molecule has 2 fully saturated rings. The maximum Gasteiger partial charge on any atom is 0.253 e. The van der Waals surface area contributed by atoms with Gasteiger partial charge in [-0.1, -0.05) is 30.3 Å². The van der Waals surface area contributed by atoms with Crippen molar-refractivity contribution in [2.75, 3.05) is 13.1 Å². The van der Waals surface area contributed by atoms with Crippen LogP contribution in [0.1, 0.15) is 59.8 Å². The molecule has 0 spiro atoms. The number of carbonyl (C=O) groups is 1. The summed E-state index contributed by atoms with van der Waals surface area (Å²) in [6.45, 7) is 1.38. The fraction of sp³-hybridized carbons (Fsp3) is 0.440. The van der Waals surface area contributed by atoms with Gasteiger partial charge in [-0.2, -0.15) is 0 Å². The molecule has 1 saturated heterocycles. The minimum absolute atomic E-state index is 0.0403. The van der Waals surface area contributed by atoms with E-state index in [0.717, 1.165) is 49.9 Å². The predicted molar refractivity (Wildman–Crippen MR) is 115 cm³/mol. The molecule has 1 atom stereocenters. The number of likely N-dealkylation sites (tertiary alicyclic amines) is 1. The molecule has 0 radical (unpaired) electrons. The van der Waals surface area contributed by atoms with Crippen LogP contribution in [0.3, 0.4) is 0 Å². The first-order valence-corrected chi connectivity index (χ1v) is 11.1. The molecule has 1 amide bonds. The van der Waals surface area contributed by atoms with Gasteiger partial charge >= 0.3 is 0 Å². The molecule has 1 aromatic heterocycles. The van der Waals surface area contributed by atoms with Gasteiger partial charge in [0.25, 0.3) is 5.91 Å². The summed E-state index contributed by atoms with van der Waals surface area (Å²) in [6, 6.07) is 15.9. The maximum absolute atomic E-state index is 13.0. The number of aromatic nitrogens is 1. The summed E-state index contributed by atoms with van der Waals surface area (Å²) in [7, 11) is 0. The van der Waals surface area contributed by atoms with Gasteiger partial charge in [0, 0.05) is 24.6 Å². The van der Waals surface area contributed by atoms with E-state index in [1.165, 1.54) is 5.56 Å². The highest BCUT2D eigenvalue weighted by Crippen LogP contribution is 2.40. The first-order chi connectivity index (χ1) is 14.7. The number of fused-ring (bicyclic) bond motifs is 1. The number of carbonyl (C=O) groups excluding carboxylic acids is 1. The average molecular weight is 405 g/mol. The Morgan fingerprint density at radius 2 is 1.87 bits per heavy atom. The van der Waals surface area contributed by atoms with Gasteiger partial charge in [0.2, 0.25) is 0 Å². The van der Waals surface area contributed by atoms with Crippen LogP contribution in [-0.4, -0.2) is 40.1 Å². The van der Waals surface area contributed by atoms with Crippen molar-refractivity contribution < 1.29 is 14.3 Å². The molecule has 1 saturated carbocycles. The fourth-order valence-corrected chi connectivity index (χ4v) is 4.45. The van der Waals surface area contributed by atoms with Crippen LogP contribution in [0.2, 0.25) is 0 Å². The van der Waals surface area contributed by atoms with E-state index in [1.54, 1.807) is 0 Å². The number of hydrogen-bond acceptors (Lipinski definition) is 4. The zero-order valence-corrected chi connectivity index (χ0v) is 17.2. The molecule has 5 heteroatoms. The van der Waals surface area contributed by atoms with Crippen LogP contribution in [0.25, 0.3) is 11.1 Å². The molecule has 1 unspecified atom stereocenters. The minimum atomic E-state index is -0.311. The van der Waals surface area contributed by atoms with Crippen molar-refractivity contribution in [1.82, 2.24) is 9.88 Å². The Bertz CT molecular complexity index is 1020. The lowest BCUT2D eigenvalue weighted by Gasteiger charge is -2.34. The van der Waals surface area contributed by atoms with Crippen molar-refractivity contribution in [3.63, 3.8) is 0 Å². The van der Waals surface area contributed by atoms with E-state index in [1.807, 2.05) is 41.3 Å². The summed E-state index contributed by atoms with van der Waals surface area (Å²) in [5.74, 6) is 1.57. The zero-order valence-electron chi connectivity index (χ0n) is 17.2. The van der Waals surface area contributed by atoms with Crippen LogP contribution in [0, 0.1) is 5.92 Å². The maximum atomic E-state index is 13.0. The molecule has 1 aliphatic carbocycles. The molecular weight excluding hydrogens is 376 g/mol. The number of hydrogen-bond donors (Lipinski definition) is 1. The van der Waals surface area contributed by atoms with Gasteiger partial charge < -0.3 is 14.4 Å². The summed E-state index contributed by atoms with van der Waals surface area (Å²) < 4.78 is 5.87. The number of aryl methyl sites for hydroxylation is 1. The van der Waals surface area contributed by atoms with Gasteiger partial charge in [0.15, 0.2) is 11.5 Å². The van der Waals surface area contributed by atoms with E-state index in [0.29, 0.717) is 30.2 Å². The van der Waals surface area contributed by atoms with Gasteiger partial charge in [-0.25, -0.2) is 4.98 Å². The quantitative estimate of drug-likeness (QED) is 0.654. The highest BCUT2D eigenvalue weighted by molar-refractivity contribution is 5.97. The number of aliphatic hydroxyl groups is 1. The first kappa shape index (κ1) is 19.3. The normalized spacial score (nSPS) is 18.6. The average Bonchev–Trinajstić information content (AvgIpc) is 3.56. The van der Waals surface area contributed by atoms with Gasteiger partial charge in [-0.15, -0.1) is 0 Å². The number of piperidine rings is 1. The molecule has 0 bridgehead atoms. The summed E-state index contributed by atoms with van der Waals surface area (Å²) in [4.78, 5) is 19.4. The van der Waals surface area contributed by atoms with Gasteiger partial charge in [-0.05, 0) is 68.2 Å². The Labute approximate surface area is 176 Å². The third-order valence-electron chi connectivity index (χ3n) is 6.52. The Morgan fingerprint density at radius 3 is 2.60 bits per heavy atom. The van der Waals surface area contributed by atoms with Crippen molar-refractivity contribution in [3.05, 3.63) is 65.5 Å². The Balaban J connectivity index is 1.17. The third-order valence-corrected chi connectivity index (χ3v) is 6.52.